The van der Waals surface area contributed by atoms with Crippen molar-refractivity contribution in [2.45, 2.75) is 319 Å². The van der Waals surface area contributed by atoms with Crippen molar-refractivity contribution in [1.29, 1.82) is 0 Å². The lowest BCUT2D eigenvalue weighted by Gasteiger charge is -2.42. The summed E-state index contributed by atoms with van der Waals surface area (Å²) >= 11 is 0. The third kappa shape index (κ3) is 38.7. The largest absolute Gasteiger partial charge is 0.462 e. The lowest BCUT2D eigenvalue weighted by Crippen LogP contribution is -2.61. The maximum atomic E-state index is 13.2. The van der Waals surface area contributed by atoms with Crippen molar-refractivity contribution in [1.82, 2.24) is 0 Å². The van der Waals surface area contributed by atoms with Gasteiger partial charge < -0.3 is 68.9 Å². The second-order valence-corrected chi connectivity index (χ2v) is 23.3. The van der Waals surface area contributed by atoms with Gasteiger partial charge in [-0.3, -0.25) is 14.4 Å². The molecule has 0 aliphatic carbocycles. The van der Waals surface area contributed by atoms with E-state index < -0.39 is 99.3 Å². The zero-order chi connectivity index (χ0) is 62.7. The van der Waals surface area contributed by atoms with Gasteiger partial charge in [0.1, 0.15) is 61.5 Å². The molecule has 0 bridgehead atoms. The number of allylic oxidation sites excluding steroid dienone is 11. The Kier molecular flexibility index (Phi) is 48.6. The number of carbonyl (C=O) groups excluding carboxylic acids is 3. The molecule has 2 saturated heterocycles. The Balaban J connectivity index is 1.74. The Morgan fingerprint density at radius 1 is 0.395 bits per heavy atom. The minimum atomic E-state index is -1.79. The molecule has 2 rings (SSSR count). The molecule has 17 heteroatoms. The Morgan fingerprint density at radius 2 is 0.779 bits per heavy atom. The van der Waals surface area contributed by atoms with Crippen molar-refractivity contribution < 1.29 is 83.3 Å². The van der Waals surface area contributed by atoms with Gasteiger partial charge in [0, 0.05) is 25.7 Å². The molecular weight excluding hydrogens is 1100 g/mol. The first-order valence-corrected chi connectivity index (χ1v) is 33.5. The van der Waals surface area contributed by atoms with Crippen molar-refractivity contribution in [3.05, 3.63) is 72.9 Å². The molecule has 0 radical (unpaired) electrons. The Morgan fingerprint density at radius 3 is 1.23 bits per heavy atom. The van der Waals surface area contributed by atoms with Crippen molar-refractivity contribution in [3.63, 3.8) is 0 Å². The highest BCUT2D eigenvalue weighted by Crippen LogP contribution is 2.27. The molecule has 0 aromatic carbocycles. The van der Waals surface area contributed by atoms with Gasteiger partial charge in [-0.05, 0) is 109 Å². The van der Waals surface area contributed by atoms with Gasteiger partial charge in [-0.2, -0.15) is 0 Å². The molecule has 6 unspecified atom stereocenters. The average molecular weight is 1220 g/mol. The minimum Gasteiger partial charge on any atom is -0.462 e. The summed E-state index contributed by atoms with van der Waals surface area (Å²) in [6.07, 6.45) is 42.9. The second-order valence-electron chi connectivity index (χ2n) is 23.3. The lowest BCUT2D eigenvalue weighted by molar-refractivity contribution is -0.332. The fraction of sp³-hybridized carbons (Fsp3) is 0.783. The van der Waals surface area contributed by atoms with Crippen LogP contribution in [0.4, 0.5) is 0 Å². The van der Waals surface area contributed by atoms with Crippen molar-refractivity contribution >= 4 is 17.9 Å². The van der Waals surface area contributed by atoms with E-state index in [4.69, 9.17) is 33.2 Å². The summed E-state index contributed by atoms with van der Waals surface area (Å²) in [4.78, 5) is 38.6. The lowest BCUT2D eigenvalue weighted by atomic mass is 9.98. The van der Waals surface area contributed by atoms with Gasteiger partial charge >= 0.3 is 17.9 Å². The maximum Gasteiger partial charge on any atom is 0.306 e. The van der Waals surface area contributed by atoms with Crippen molar-refractivity contribution in [2.75, 3.05) is 26.4 Å². The van der Waals surface area contributed by atoms with E-state index in [0.29, 0.717) is 19.3 Å². The van der Waals surface area contributed by atoms with E-state index in [-0.39, 0.29) is 31.5 Å². The predicted octanol–water partition coefficient (Wildman–Crippen LogP) is 12.0. The third-order valence-corrected chi connectivity index (χ3v) is 15.4. The van der Waals surface area contributed by atoms with Crippen LogP contribution in [0.3, 0.4) is 0 Å². The number of esters is 3. The molecule has 2 fully saturated rings. The van der Waals surface area contributed by atoms with Crippen LogP contribution in [0.5, 0.6) is 0 Å². The maximum absolute atomic E-state index is 13.2. The van der Waals surface area contributed by atoms with Crippen LogP contribution in [0.25, 0.3) is 0 Å². The highest BCUT2D eigenvalue weighted by molar-refractivity contribution is 5.70. The van der Waals surface area contributed by atoms with Crippen LogP contribution in [-0.2, 0) is 47.5 Å². The molecule has 496 valence electrons. The number of aliphatic hydroxyl groups excluding tert-OH is 7. The van der Waals surface area contributed by atoms with Gasteiger partial charge in [0.15, 0.2) is 18.7 Å². The first-order chi connectivity index (χ1) is 41.9. The van der Waals surface area contributed by atoms with E-state index in [1.807, 2.05) is 0 Å². The quantitative estimate of drug-likeness (QED) is 0.0129. The molecule has 7 N–H and O–H groups in total. The van der Waals surface area contributed by atoms with Gasteiger partial charge in [0.2, 0.25) is 0 Å². The first kappa shape index (κ1) is 78.5. The molecule has 2 aliphatic heterocycles. The zero-order valence-corrected chi connectivity index (χ0v) is 53.1. The van der Waals surface area contributed by atoms with E-state index in [1.165, 1.54) is 57.8 Å². The Bertz CT molecular complexity index is 1850. The summed E-state index contributed by atoms with van der Waals surface area (Å²) in [6, 6.07) is 0. The average Bonchev–Trinajstić information content (AvgIpc) is 2.94. The van der Waals surface area contributed by atoms with E-state index in [0.717, 1.165) is 135 Å². The van der Waals surface area contributed by atoms with Crippen LogP contribution in [0.2, 0.25) is 0 Å². The number of hydrogen-bond acceptors (Lipinski definition) is 17. The minimum absolute atomic E-state index is 0.0886. The molecule has 86 heavy (non-hydrogen) atoms. The molecule has 0 amide bonds. The first-order valence-electron chi connectivity index (χ1n) is 33.5. The number of rotatable bonds is 53. The number of carbonyl (C=O) groups is 3. The summed E-state index contributed by atoms with van der Waals surface area (Å²) < 4.78 is 39.6. The summed E-state index contributed by atoms with van der Waals surface area (Å²) in [5, 5.41) is 72.5. The smallest absolute Gasteiger partial charge is 0.306 e. The van der Waals surface area contributed by atoms with Crippen LogP contribution in [-0.4, -0.2) is 154 Å². The van der Waals surface area contributed by atoms with Crippen LogP contribution in [0.1, 0.15) is 245 Å². The molecule has 17 nitrogen and oxygen atoms in total. The monoisotopic (exact) mass is 1220 g/mol. The van der Waals surface area contributed by atoms with Crippen LogP contribution >= 0.6 is 0 Å². The van der Waals surface area contributed by atoms with E-state index >= 15 is 0 Å². The van der Waals surface area contributed by atoms with Gasteiger partial charge in [0.05, 0.1) is 19.8 Å². The molecule has 12 atom stereocenters. The summed E-state index contributed by atoms with van der Waals surface area (Å²) in [5.41, 5.74) is 0. The Labute approximate surface area is 517 Å². The molecular formula is C69H118O17. The number of hydrogen-bond donors (Lipinski definition) is 7. The zero-order valence-electron chi connectivity index (χ0n) is 53.1. The predicted molar refractivity (Wildman–Crippen MR) is 337 cm³/mol. The van der Waals surface area contributed by atoms with E-state index in [2.05, 4.69) is 93.7 Å². The van der Waals surface area contributed by atoms with Gasteiger partial charge in [-0.25, -0.2) is 0 Å². The molecule has 0 aromatic rings. The summed E-state index contributed by atoms with van der Waals surface area (Å²) in [5.74, 6) is -1.09. The standard InChI is InChI=1S/C69H118O17/c1-4-7-9-11-13-15-17-19-21-23-27-31-35-39-43-48-59(71)80-52-56(53-81-68-67(79)65(77)63(75)58(86-68)54-82-69-66(78)64(76)62(74)57(51-70)85-69)84-61(73)50-45-41-37-33-29-25-26-30-34-38-42-47-55(46-6-3)83-60(72)49-44-40-36-32-28-24-22-20-18-16-14-12-10-8-5-2/h13-16,19-22,26,30,38,42,55-58,62-70,74-79H,4-12,17-18,23-25,27-29,31-37,39-41,43-54H2,1-3H3/b15-13+,16-14+,21-19+,22-20+,30-26+,42-38+/t55?,56?,57?,58?,62-,63-,64+,65+,66?,67?,68+,69-/m0/s1. The second kappa shape index (κ2) is 53.3. The SMILES string of the molecule is CCCCC/C=C/C/C=C/CCCCCCCC(=O)OCC(CO[C@@H]1OC(CO[C@H]2OC(CO)[C@H](O)[C@@H](O)C2O)[C@H](O)[C@@H](O)C1O)OC(=O)CCCCCCC/C=C/C/C=C/CC(CCC)OC(=O)CCCCCCC/C=C/C/C=C/CCCCC. The normalized spacial score (nSPS) is 23.7. The molecule has 2 aliphatic rings. The number of aliphatic hydroxyl groups is 7. The van der Waals surface area contributed by atoms with Crippen LogP contribution < -0.4 is 0 Å². The fourth-order valence-corrected chi connectivity index (χ4v) is 10.1. The summed E-state index contributed by atoms with van der Waals surface area (Å²) in [6.45, 7) is 4.57. The van der Waals surface area contributed by atoms with Crippen molar-refractivity contribution in [3.8, 4) is 0 Å². The molecule has 0 aromatic heterocycles. The van der Waals surface area contributed by atoms with E-state index in [9.17, 15) is 50.1 Å². The molecule has 2 heterocycles. The van der Waals surface area contributed by atoms with Gasteiger partial charge in [0.25, 0.3) is 0 Å². The van der Waals surface area contributed by atoms with E-state index in [1.54, 1.807) is 0 Å². The topological polar surface area (TPSA) is 257 Å². The fourth-order valence-electron chi connectivity index (χ4n) is 10.1. The van der Waals surface area contributed by atoms with Crippen LogP contribution in [0, 0.1) is 0 Å². The third-order valence-electron chi connectivity index (χ3n) is 15.4. The molecule has 0 spiro atoms. The highest BCUT2D eigenvalue weighted by atomic mass is 16.7. The van der Waals surface area contributed by atoms with Crippen molar-refractivity contribution in [2.24, 2.45) is 0 Å². The van der Waals surface area contributed by atoms with Gasteiger partial charge in [-0.1, -0.05) is 184 Å². The summed E-state index contributed by atoms with van der Waals surface area (Å²) in [7, 11) is 0. The highest BCUT2D eigenvalue weighted by Gasteiger charge is 2.47. The van der Waals surface area contributed by atoms with Crippen LogP contribution in [0.15, 0.2) is 72.9 Å². The molecule has 0 saturated carbocycles. The number of unbranched alkanes of at least 4 members (excludes halogenated alkanes) is 21. The Hall–Kier alpha value is -3.59. The number of ether oxygens (including phenoxy) is 7. The van der Waals surface area contributed by atoms with Gasteiger partial charge in [-0.15, -0.1) is 0 Å².